The van der Waals surface area contributed by atoms with Crippen LogP contribution in [0, 0.1) is 17.8 Å². The summed E-state index contributed by atoms with van der Waals surface area (Å²) in [5, 5.41) is 0. The zero-order chi connectivity index (χ0) is 7.68. The van der Waals surface area contributed by atoms with Crippen molar-refractivity contribution in [3.63, 3.8) is 0 Å². The zero-order valence-corrected chi connectivity index (χ0v) is 7.68. The minimum Gasteiger partial charge on any atom is -0.0651 e. The Morgan fingerprint density at radius 2 is 1.82 bits per heavy atom. The van der Waals surface area contributed by atoms with E-state index in [4.69, 9.17) is 0 Å². The highest BCUT2D eigenvalue weighted by molar-refractivity contribution is 4.84. The second-order valence-electron chi connectivity index (χ2n) is 4.54. The zero-order valence-electron chi connectivity index (χ0n) is 7.68. The molecule has 0 aromatic rings. The molecule has 0 aliphatic heterocycles. The lowest BCUT2D eigenvalue weighted by atomic mass is 9.75. The summed E-state index contributed by atoms with van der Waals surface area (Å²) in [5.74, 6) is 3.39. The lowest BCUT2D eigenvalue weighted by Gasteiger charge is -2.31. The summed E-state index contributed by atoms with van der Waals surface area (Å²) in [7, 11) is 0. The van der Waals surface area contributed by atoms with E-state index in [1.165, 1.54) is 19.3 Å². The SMILES string of the molecule is CCC1CCC2CCCC2C1. The quantitative estimate of drug-likeness (QED) is 0.538. The topological polar surface area (TPSA) is 0 Å². The Morgan fingerprint density at radius 1 is 1.00 bits per heavy atom. The van der Waals surface area contributed by atoms with Crippen molar-refractivity contribution >= 4 is 0 Å². The molecule has 11 heavy (non-hydrogen) atoms. The molecule has 0 amide bonds. The van der Waals surface area contributed by atoms with Crippen molar-refractivity contribution in [1.82, 2.24) is 0 Å². The summed E-state index contributed by atoms with van der Waals surface area (Å²) in [4.78, 5) is 0. The Kier molecular flexibility index (Phi) is 2.20. The Labute approximate surface area is 70.4 Å². The minimum atomic E-state index is 1.09. The van der Waals surface area contributed by atoms with Gasteiger partial charge in [0.15, 0.2) is 0 Å². The molecule has 64 valence electrons. The van der Waals surface area contributed by atoms with Crippen molar-refractivity contribution in [1.29, 1.82) is 0 Å². The molecule has 2 rings (SSSR count). The van der Waals surface area contributed by atoms with Crippen LogP contribution in [0.15, 0.2) is 0 Å². The summed E-state index contributed by atoms with van der Waals surface area (Å²) in [5.41, 5.74) is 0. The molecule has 2 aliphatic rings. The fourth-order valence-electron chi connectivity index (χ4n) is 3.17. The van der Waals surface area contributed by atoms with E-state index in [-0.39, 0.29) is 0 Å². The largest absolute Gasteiger partial charge is 0.0651 e. The van der Waals surface area contributed by atoms with Crippen LogP contribution in [0.2, 0.25) is 0 Å². The van der Waals surface area contributed by atoms with Crippen LogP contribution >= 0.6 is 0 Å². The summed E-state index contributed by atoms with van der Waals surface area (Å²) >= 11 is 0. The summed E-state index contributed by atoms with van der Waals surface area (Å²) < 4.78 is 0. The molecule has 0 N–H and O–H groups in total. The lowest BCUT2D eigenvalue weighted by molar-refractivity contribution is 0.204. The number of hydrogen-bond donors (Lipinski definition) is 0. The summed E-state index contributed by atoms with van der Waals surface area (Å²) in [6.07, 6.45) is 10.7. The number of hydrogen-bond acceptors (Lipinski definition) is 0. The highest BCUT2D eigenvalue weighted by Gasteiger charge is 2.32. The van der Waals surface area contributed by atoms with E-state index in [9.17, 15) is 0 Å². The van der Waals surface area contributed by atoms with Crippen LogP contribution in [-0.4, -0.2) is 0 Å². The molecular weight excluding hydrogens is 132 g/mol. The van der Waals surface area contributed by atoms with Crippen LogP contribution in [0.5, 0.6) is 0 Å². The maximum Gasteiger partial charge on any atom is -0.0383 e. The number of fused-ring (bicyclic) bond motifs is 1. The molecule has 3 atom stereocenters. The Bertz CT molecular complexity index is 128. The fourth-order valence-corrected chi connectivity index (χ4v) is 3.17. The molecule has 2 fully saturated rings. The Balaban J connectivity index is 1.91. The van der Waals surface area contributed by atoms with Crippen molar-refractivity contribution in [3.05, 3.63) is 0 Å². The van der Waals surface area contributed by atoms with E-state index < -0.39 is 0 Å². The van der Waals surface area contributed by atoms with Crippen LogP contribution in [0.4, 0.5) is 0 Å². The van der Waals surface area contributed by atoms with Gasteiger partial charge in [-0.1, -0.05) is 39.0 Å². The molecule has 0 heteroatoms. The third-order valence-electron chi connectivity index (χ3n) is 3.98. The molecule has 2 aliphatic carbocycles. The molecule has 0 radical (unpaired) electrons. The standard InChI is InChI=1S/C11H20/c1-2-9-6-7-10-4-3-5-11(10)8-9/h9-11H,2-8H2,1H3. The van der Waals surface area contributed by atoms with Crippen molar-refractivity contribution in [2.24, 2.45) is 17.8 Å². The van der Waals surface area contributed by atoms with E-state index >= 15 is 0 Å². The lowest BCUT2D eigenvalue weighted by Crippen LogP contribution is -2.19. The molecule has 3 unspecified atom stereocenters. The molecule has 2 saturated carbocycles. The van der Waals surface area contributed by atoms with Gasteiger partial charge in [0, 0.05) is 0 Å². The van der Waals surface area contributed by atoms with Gasteiger partial charge >= 0.3 is 0 Å². The van der Waals surface area contributed by atoms with E-state index in [0.29, 0.717) is 0 Å². The van der Waals surface area contributed by atoms with Crippen molar-refractivity contribution in [3.8, 4) is 0 Å². The minimum absolute atomic E-state index is 1.09. The molecular formula is C11H20. The predicted octanol–water partition coefficient (Wildman–Crippen LogP) is 3.61. The van der Waals surface area contributed by atoms with Gasteiger partial charge in [-0.15, -0.1) is 0 Å². The molecule has 0 nitrogen and oxygen atoms in total. The first kappa shape index (κ1) is 7.64. The normalized spacial score (nSPS) is 43.9. The van der Waals surface area contributed by atoms with Gasteiger partial charge in [0.25, 0.3) is 0 Å². The van der Waals surface area contributed by atoms with Gasteiger partial charge in [-0.25, -0.2) is 0 Å². The second-order valence-corrected chi connectivity index (χ2v) is 4.54. The van der Waals surface area contributed by atoms with Crippen molar-refractivity contribution < 1.29 is 0 Å². The molecule has 0 heterocycles. The fraction of sp³-hybridized carbons (Fsp3) is 1.00. The van der Waals surface area contributed by atoms with E-state index in [2.05, 4.69) is 6.92 Å². The van der Waals surface area contributed by atoms with Crippen LogP contribution in [0.1, 0.15) is 51.9 Å². The smallest absolute Gasteiger partial charge is 0.0383 e. The first-order chi connectivity index (χ1) is 5.40. The maximum atomic E-state index is 2.36. The van der Waals surface area contributed by atoms with Crippen LogP contribution < -0.4 is 0 Å². The molecule has 0 bridgehead atoms. The van der Waals surface area contributed by atoms with Gasteiger partial charge in [-0.2, -0.15) is 0 Å². The first-order valence-corrected chi connectivity index (χ1v) is 5.40. The average molecular weight is 152 g/mol. The summed E-state index contributed by atoms with van der Waals surface area (Å²) in [6, 6.07) is 0. The highest BCUT2D eigenvalue weighted by atomic mass is 14.4. The molecule has 0 aromatic carbocycles. The van der Waals surface area contributed by atoms with Gasteiger partial charge in [0.2, 0.25) is 0 Å². The maximum absolute atomic E-state index is 2.36. The van der Waals surface area contributed by atoms with Crippen LogP contribution in [0.3, 0.4) is 0 Å². The van der Waals surface area contributed by atoms with Crippen molar-refractivity contribution in [2.45, 2.75) is 51.9 Å². The van der Waals surface area contributed by atoms with Crippen molar-refractivity contribution in [2.75, 3.05) is 0 Å². The van der Waals surface area contributed by atoms with Gasteiger partial charge in [0.1, 0.15) is 0 Å². The third kappa shape index (κ3) is 1.45. The first-order valence-electron chi connectivity index (χ1n) is 5.40. The second kappa shape index (κ2) is 3.16. The van der Waals surface area contributed by atoms with Crippen LogP contribution in [-0.2, 0) is 0 Å². The van der Waals surface area contributed by atoms with E-state index in [1.54, 1.807) is 25.7 Å². The summed E-state index contributed by atoms with van der Waals surface area (Å²) in [6.45, 7) is 2.36. The average Bonchev–Trinajstić information content (AvgIpc) is 2.50. The highest BCUT2D eigenvalue weighted by Crippen LogP contribution is 2.44. The van der Waals surface area contributed by atoms with E-state index in [1.807, 2.05) is 0 Å². The van der Waals surface area contributed by atoms with Crippen LogP contribution in [0.25, 0.3) is 0 Å². The van der Waals surface area contributed by atoms with Gasteiger partial charge in [0.05, 0.1) is 0 Å². The third-order valence-corrected chi connectivity index (χ3v) is 3.98. The monoisotopic (exact) mass is 152 g/mol. The Morgan fingerprint density at radius 3 is 2.64 bits per heavy atom. The Hall–Kier alpha value is 0. The molecule has 0 aromatic heterocycles. The predicted molar refractivity (Wildman–Crippen MR) is 48.5 cm³/mol. The molecule has 0 spiro atoms. The van der Waals surface area contributed by atoms with Gasteiger partial charge in [-0.05, 0) is 30.6 Å². The van der Waals surface area contributed by atoms with Gasteiger partial charge in [-0.3, -0.25) is 0 Å². The van der Waals surface area contributed by atoms with Gasteiger partial charge < -0.3 is 0 Å². The molecule has 0 saturated heterocycles. The van der Waals surface area contributed by atoms with E-state index in [0.717, 1.165) is 17.8 Å². The number of rotatable bonds is 1.